The fourth-order valence-corrected chi connectivity index (χ4v) is 6.83. The molecular weight excluding hydrogens is 319 g/mol. The normalized spacial score (nSPS) is 21.7. The predicted molar refractivity (Wildman–Crippen MR) is 99.4 cm³/mol. The van der Waals surface area contributed by atoms with Crippen molar-refractivity contribution in [3.8, 4) is 5.75 Å². The molecule has 1 saturated heterocycles. The standard InChI is InChI=1S/C20H25O3P/c1-16(18-12-8-9-15-23-18)24(21,17-10-4-3-5-11-17)20-14-7-6-13-19(20)22-2/h3-7,10-11,13-14,16,18H,8-9,12,15H2,1-2H3. The molecule has 0 spiro atoms. The van der Waals surface area contributed by atoms with Crippen molar-refractivity contribution < 1.29 is 14.0 Å². The minimum Gasteiger partial charge on any atom is -0.496 e. The van der Waals surface area contributed by atoms with E-state index >= 15 is 0 Å². The Morgan fingerprint density at radius 1 is 1.08 bits per heavy atom. The lowest BCUT2D eigenvalue weighted by molar-refractivity contribution is 0.0163. The summed E-state index contributed by atoms with van der Waals surface area (Å²) in [6, 6.07) is 17.5. The lowest BCUT2D eigenvalue weighted by Gasteiger charge is -2.34. The van der Waals surface area contributed by atoms with Gasteiger partial charge >= 0.3 is 0 Å². The summed E-state index contributed by atoms with van der Waals surface area (Å²) in [5.41, 5.74) is -0.0866. The van der Waals surface area contributed by atoms with Gasteiger partial charge in [0.15, 0.2) is 7.14 Å². The maximum Gasteiger partial charge on any atom is 0.152 e. The van der Waals surface area contributed by atoms with Crippen LogP contribution < -0.4 is 15.3 Å². The van der Waals surface area contributed by atoms with Gasteiger partial charge in [0.25, 0.3) is 0 Å². The molecule has 2 aromatic carbocycles. The molecule has 2 aromatic rings. The van der Waals surface area contributed by atoms with E-state index in [4.69, 9.17) is 9.47 Å². The number of para-hydroxylation sites is 1. The second-order valence-electron chi connectivity index (χ2n) is 6.31. The Morgan fingerprint density at radius 3 is 2.46 bits per heavy atom. The van der Waals surface area contributed by atoms with Gasteiger partial charge in [-0.15, -0.1) is 0 Å². The van der Waals surface area contributed by atoms with Gasteiger partial charge in [0.2, 0.25) is 0 Å². The average molecular weight is 344 g/mol. The van der Waals surface area contributed by atoms with Gasteiger partial charge in [-0.3, -0.25) is 0 Å². The first kappa shape index (κ1) is 17.3. The lowest BCUT2D eigenvalue weighted by atomic mass is 10.1. The molecule has 0 amide bonds. The van der Waals surface area contributed by atoms with E-state index in [1.54, 1.807) is 7.11 Å². The van der Waals surface area contributed by atoms with Crippen molar-refractivity contribution in [1.29, 1.82) is 0 Å². The van der Waals surface area contributed by atoms with Crippen molar-refractivity contribution in [2.24, 2.45) is 0 Å². The molecule has 3 unspecified atom stereocenters. The van der Waals surface area contributed by atoms with Gasteiger partial charge in [-0.05, 0) is 31.4 Å². The summed E-state index contributed by atoms with van der Waals surface area (Å²) >= 11 is 0. The summed E-state index contributed by atoms with van der Waals surface area (Å²) in [6.45, 7) is 2.83. The van der Waals surface area contributed by atoms with Gasteiger partial charge in [-0.25, -0.2) is 0 Å². The fourth-order valence-electron chi connectivity index (χ4n) is 3.53. The van der Waals surface area contributed by atoms with Crippen LogP contribution in [0.25, 0.3) is 0 Å². The molecule has 0 saturated carbocycles. The first-order valence-corrected chi connectivity index (χ1v) is 10.4. The summed E-state index contributed by atoms with van der Waals surface area (Å²) in [7, 11) is -1.25. The zero-order valence-electron chi connectivity index (χ0n) is 14.4. The molecule has 1 aliphatic rings. The highest BCUT2D eigenvalue weighted by atomic mass is 31.2. The minimum atomic E-state index is -2.89. The molecule has 1 heterocycles. The van der Waals surface area contributed by atoms with E-state index in [1.165, 1.54) is 0 Å². The molecule has 0 N–H and O–H groups in total. The Hall–Kier alpha value is -1.57. The van der Waals surface area contributed by atoms with Crippen LogP contribution in [0.1, 0.15) is 26.2 Å². The Balaban J connectivity index is 2.12. The zero-order valence-corrected chi connectivity index (χ0v) is 15.2. The van der Waals surface area contributed by atoms with Crippen molar-refractivity contribution in [1.82, 2.24) is 0 Å². The van der Waals surface area contributed by atoms with Crippen molar-refractivity contribution in [3.63, 3.8) is 0 Å². The lowest BCUT2D eigenvalue weighted by Crippen LogP contribution is -2.36. The van der Waals surface area contributed by atoms with E-state index in [0.717, 1.165) is 36.5 Å². The Kier molecular flexibility index (Phi) is 5.43. The van der Waals surface area contributed by atoms with Crippen LogP contribution in [0.2, 0.25) is 0 Å². The Labute approximate surface area is 144 Å². The third-order valence-corrected chi connectivity index (χ3v) is 8.54. The van der Waals surface area contributed by atoms with E-state index in [0.29, 0.717) is 5.75 Å². The van der Waals surface area contributed by atoms with Crippen LogP contribution in [-0.2, 0) is 9.30 Å². The fraction of sp³-hybridized carbons (Fsp3) is 0.400. The van der Waals surface area contributed by atoms with Gasteiger partial charge in [0.1, 0.15) is 5.75 Å². The summed E-state index contributed by atoms with van der Waals surface area (Å²) in [6.07, 6.45) is 3.21. The van der Waals surface area contributed by atoms with Crippen molar-refractivity contribution in [2.45, 2.75) is 37.9 Å². The van der Waals surface area contributed by atoms with E-state index < -0.39 is 7.14 Å². The molecule has 0 radical (unpaired) electrons. The number of ether oxygens (including phenoxy) is 2. The van der Waals surface area contributed by atoms with Crippen LogP contribution in [0.5, 0.6) is 5.75 Å². The third-order valence-electron chi connectivity index (χ3n) is 4.91. The van der Waals surface area contributed by atoms with E-state index in [9.17, 15) is 4.57 Å². The maximum absolute atomic E-state index is 14.4. The van der Waals surface area contributed by atoms with Crippen molar-refractivity contribution in [2.75, 3.05) is 13.7 Å². The molecular formula is C20H25O3P. The van der Waals surface area contributed by atoms with Gasteiger partial charge in [0.05, 0.1) is 18.5 Å². The average Bonchev–Trinajstić information content (AvgIpc) is 2.68. The molecule has 0 aromatic heterocycles. The maximum atomic E-state index is 14.4. The summed E-state index contributed by atoms with van der Waals surface area (Å²) in [4.78, 5) is 0. The Morgan fingerprint density at radius 2 is 1.79 bits per heavy atom. The predicted octanol–water partition coefficient (Wildman–Crippen LogP) is 3.97. The molecule has 4 heteroatoms. The summed E-state index contributed by atoms with van der Waals surface area (Å²) in [5, 5.41) is 1.66. The smallest absolute Gasteiger partial charge is 0.152 e. The highest BCUT2D eigenvalue weighted by Gasteiger charge is 2.41. The van der Waals surface area contributed by atoms with Crippen LogP contribution in [0.3, 0.4) is 0 Å². The Bertz CT molecular complexity index is 708. The van der Waals surface area contributed by atoms with Gasteiger partial charge in [-0.2, -0.15) is 0 Å². The highest BCUT2D eigenvalue weighted by molar-refractivity contribution is 7.79. The van der Waals surface area contributed by atoms with Crippen LogP contribution in [0.4, 0.5) is 0 Å². The SMILES string of the molecule is COc1ccccc1P(=O)(c1ccccc1)C(C)C1CCCCO1. The molecule has 1 fully saturated rings. The van der Waals surface area contributed by atoms with Crippen LogP contribution >= 0.6 is 7.14 Å². The molecule has 24 heavy (non-hydrogen) atoms. The zero-order chi connectivity index (χ0) is 17.0. The number of hydrogen-bond acceptors (Lipinski definition) is 3. The van der Waals surface area contributed by atoms with E-state index in [2.05, 4.69) is 6.92 Å². The second-order valence-corrected chi connectivity index (χ2v) is 9.44. The molecule has 0 aliphatic carbocycles. The monoisotopic (exact) mass is 344 g/mol. The van der Waals surface area contributed by atoms with E-state index in [1.807, 2.05) is 54.6 Å². The molecule has 3 rings (SSSR count). The largest absolute Gasteiger partial charge is 0.496 e. The first-order valence-electron chi connectivity index (χ1n) is 8.58. The van der Waals surface area contributed by atoms with Crippen molar-refractivity contribution >= 4 is 17.8 Å². The van der Waals surface area contributed by atoms with Gasteiger partial charge in [-0.1, -0.05) is 49.4 Å². The summed E-state index contributed by atoms with van der Waals surface area (Å²) < 4.78 is 26.0. The topological polar surface area (TPSA) is 35.5 Å². The van der Waals surface area contributed by atoms with Gasteiger partial charge in [0, 0.05) is 17.6 Å². The van der Waals surface area contributed by atoms with Crippen LogP contribution in [0, 0.1) is 0 Å². The number of methoxy groups -OCH3 is 1. The molecule has 128 valence electrons. The summed E-state index contributed by atoms with van der Waals surface area (Å²) in [5.74, 6) is 0.687. The number of benzene rings is 2. The minimum absolute atomic E-state index is 0.0229. The number of hydrogen-bond donors (Lipinski definition) is 0. The second kappa shape index (κ2) is 7.55. The molecule has 0 bridgehead atoms. The van der Waals surface area contributed by atoms with E-state index in [-0.39, 0.29) is 11.8 Å². The van der Waals surface area contributed by atoms with Gasteiger partial charge < -0.3 is 14.0 Å². The van der Waals surface area contributed by atoms with Crippen LogP contribution in [-0.4, -0.2) is 25.5 Å². The molecule has 1 aliphatic heterocycles. The quantitative estimate of drug-likeness (QED) is 0.770. The molecule has 3 nitrogen and oxygen atoms in total. The van der Waals surface area contributed by atoms with Crippen molar-refractivity contribution in [3.05, 3.63) is 54.6 Å². The van der Waals surface area contributed by atoms with Crippen LogP contribution in [0.15, 0.2) is 54.6 Å². The molecule has 3 atom stereocenters. The first-order chi connectivity index (χ1) is 11.7. The number of rotatable bonds is 5. The highest BCUT2D eigenvalue weighted by Crippen LogP contribution is 2.53. The third kappa shape index (κ3) is 3.16.